The number of nitrogens with zero attached hydrogens (tertiary/aromatic N) is 2. The van der Waals surface area contributed by atoms with E-state index in [-0.39, 0.29) is 12.1 Å². The highest BCUT2D eigenvalue weighted by Gasteiger charge is 2.33. The van der Waals surface area contributed by atoms with Crippen LogP contribution in [0.5, 0.6) is 5.75 Å². The quantitative estimate of drug-likeness (QED) is 0.935. The molecule has 1 aromatic carbocycles. The molecule has 1 aliphatic heterocycles. The van der Waals surface area contributed by atoms with Crippen LogP contribution in [0.15, 0.2) is 34.9 Å². The third kappa shape index (κ3) is 3.09. The van der Waals surface area contributed by atoms with E-state index in [1.807, 2.05) is 25.1 Å². The SMILES string of the molecule is COc1cccc([C@H]2C[C@@H](O)CN2Cc2ncc(C)o2)c1. The molecule has 0 saturated carbocycles. The van der Waals surface area contributed by atoms with E-state index < -0.39 is 0 Å². The number of methoxy groups -OCH3 is 1. The van der Waals surface area contributed by atoms with Gasteiger partial charge >= 0.3 is 0 Å². The first kappa shape index (κ1) is 14.1. The van der Waals surface area contributed by atoms with Crippen molar-refractivity contribution in [3.8, 4) is 5.75 Å². The Hall–Kier alpha value is -1.85. The summed E-state index contributed by atoms with van der Waals surface area (Å²) in [5, 5.41) is 10.0. The molecule has 5 heteroatoms. The summed E-state index contributed by atoms with van der Waals surface area (Å²) in [6.45, 7) is 3.12. The lowest BCUT2D eigenvalue weighted by Gasteiger charge is -2.23. The molecule has 1 saturated heterocycles. The summed E-state index contributed by atoms with van der Waals surface area (Å²) in [4.78, 5) is 6.45. The van der Waals surface area contributed by atoms with Crippen molar-refractivity contribution in [3.05, 3.63) is 47.7 Å². The molecule has 1 aliphatic rings. The van der Waals surface area contributed by atoms with Crippen molar-refractivity contribution >= 4 is 0 Å². The van der Waals surface area contributed by atoms with Crippen molar-refractivity contribution in [2.24, 2.45) is 0 Å². The Bertz CT molecular complexity index is 611. The Morgan fingerprint density at radius 2 is 2.33 bits per heavy atom. The van der Waals surface area contributed by atoms with Gasteiger partial charge < -0.3 is 14.3 Å². The second-order valence-electron chi connectivity index (χ2n) is 5.48. The number of aliphatic hydroxyl groups is 1. The standard InChI is InChI=1S/C16H20N2O3/c1-11-8-17-16(21-11)10-18-9-13(19)7-15(18)12-4-3-5-14(6-12)20-2/h3-6,8,13,15,19H,7,9-10H2,1-2H3/t13-,15-/m1/s1. The van der Waals surface area contributed by atoms with E-state index >= 15 is 0 Å². The zero-order chi connectivity index (χ0) is 14.8. The van der Waals surface area contributed by atoms with Crippen molar-refractivity contribution in [3.63, 3.8) is 0 Å². The van der Waals surface area contributed by atoms with E-state index in [1.54, 1.807) is 13.3 Å². The highest BCUT2D eigenvalue weighted by atomic mass is 16.5. The molecule has 5 nitrogen and oxygen atoms in total. The fourth-order valence-electron chi connectivity index (χ4n) is 2.90. The van der Waals surface area contributed by atoms with Crippen LogP contribution in [-0.2, 0) is 6.54 Å². The van der Waals surface area contributed by atoms with Gasteiger partial charge in [-0.05, 0) is 31.0 Å². The first-order valence-corrected chi connectivity index (χ1v) is 7.13. The number of aryl methyl sites for hydroxylation is 1. The van der Waals surface area contributed by atoms with Crippen molar-refractivity contribution in [1.82, 2.24) is 9.88 Å². The molecule has 0 radical (unpaired) electrons. The van der Waals surface area contributed by atoms with Crippen molar-refractivity contribution in [1.29, 1.82) is 0 Å². The van der Waals surface area contributed by atoms with Crippen molar-refractivity contribution in [2.45, 2.75) is 32.0 Å². The minimum Gasteiger partial charge on any atom is -0.497 e. The van der Waals surface area contributed by atoms with Crippen LogP contribution in [0.25, 0.3) is 0 Å². The molecule has 2 atom stereocenters. The number of hydrogen-bond acceptors (Lipinski definition) is 5. The number of likely N-dealkylation sites (tertiary alicyclic amines) is 1. The van der Waals surface area contributed by atoms with Crippen LogP contribution >= 0.6 is 0 Å². The number of β-amino-alcohol motifs (C(OH)–C–C–N with tert-alkyl or cyclic N) is 1. The topological polar surface area (TPSA) is 58.7 Å². The molecule has 1 fully saturated rings. The summed E-state index contributed by atoms with van der Waals surface area (Å²) in [6, 6.07) is 8.15. The van der Waals surface area contributed by atoms with Crippen molar-refractivity contribution < 1.29 is 14.3 Å². The van der Waals surface area contributed by atoms with Crippen LogP contribution in [0.2, 0.25) is 0 Å². The van der Waals surface area contributed by atoms with Gasteiger partial charge in [-0.2, -0.15) is 0 Å². The summed E-state index contributed by atoms with van der Waals surface area (Å²) < 4.78 is 10.8. The Morgan fingerprint density at radius 3 is 3.05 bits per heavy atom. The van der Waals surface area contributed by atoms with Crippen LogP contribution < -0.4 is 4.74 Å². The van der Waals surface area contributed by atoms with Gasteiger partial charge in [-0.3, -0.25) is 4.90 Å². The van der Waals surface area contributed by atoms with Crippen LogP contribution in [-0.4, -0.2) is 34.7 Å². The first-order chi connectivity index (χ1) is 10.2. The number of rotatable bonds is 4. The molecule has 0 unspecified atom stereocenters. The van der Waals surface area contributed by atoms with Gasteiger partial charge in [0.2, 0.25) is 5.89 Å². The average molecular weight is 288 g/mol. The molecular weight excluding hydrogens is 268 g/mol. The summed E-state index contributed by atoms with van der Waals surface area (Å²) in [6.07, 6.45) is 2.12. The van der Waals surface area contributed by atoms with Gasteiger partial charge in [-0.15, -0.1) is 0 Å². The summed E-state index contributed by atoms with van der Waals surface area (Å²) >= 11 is 0. The Morgan fingerprint density at radius 1 is 1.48 bits per heavy atom. The maximum atomic E-state index is 10.0. The number of hydrogen-bond donors (Lipinski definition) is 1. The van der Waals surface area contributed by atoms with Crippen LogP contribution in [0.1, 0.15) is 29.7 Å². The third-order valence-corrected chi connectivity index (χ3v) is 3.87. The van der Waals surface area contributed by atoms with Gasteiger partial charge in [0.15, 0.2) is 0 Å². The maximum Gasteiger partial charge on any atom is 0.208 e. The molecule has 112 valence electrons. The zero-order valence-corrected chi connectivity index (χ0v) is 12.3. The minimum absolute atomic E-state index is 0.155. The van der Waals surface area contributed by atoms with Gasteiger partial charge in [0, 0.05) is 12.6 Å². The van der Waals surface area contributed by atoms with Gasteiger partial charge in [0.1, 0.15) is 11.5 Å². The second-order valence-corrected chi connectivity index (χ2v) is 5.48. The number of aliphatic hydroxyl groups excluding tert-OH is 1. The lowest BCUT2D eigenvalue weighted by Crippen LogP contribution is -2.24. The number of ether oxygens (including phenoxy) is 1. The molecule has 21 heavy (non-hydrogen) atoms. The van der Waals surface area contributed by atoms with Crippen molar-refractivity contribution in [2.75, 3.05) is 13.7 Å². The average Bonchev–Trinajstić information content (AvgIpc) is 3.05. The predicted molar refractivity (Wildman–Crippen MR) is 78.0 cm³/mol. The number of oxazole rings is 1. The van der Waals surface area contributed by atoms with Crippen LogP contribution in [0, 0.1) is 6.92 Å². The summed E-state index contributed by atoms with van der Waals surface area (Å²) in [5.41, 5.74) is 1.15. The van der Waals surface area contributed by atoms with E-state index in [1.165, 1.54) is 0 Å². The highest BCUT2D eigenvalue weighted by Crippen LogP contribution is 2.34. The van der Waals surface area contributed by atoms with Crippen LogP contribution in [0.3, 0.4) is 0 Å². The molecule has 0 spiro atoms. The van der Waals surface area contributed by atoms with Crippen LogP contribution in [0.4, 0.5) is 0 Å². The zero-order valence-electron chi connectivity index (χ0n) is 12.3. The van der Waals surface area contributed by atoms with E-state index in [2.05, 4.69) is 16.0 Å². The lowest BCUT2D eigenvalue weighted by molar-refractivity contribution is 0.167. The molecular formula is C16H20N2O3. The largest absolute Gasteiger partial charge is 0.497 e. The second kappa shape index (κ2) is 5.87. The normalized spacial score (nSPS) is 22.6. The van der Waals surface area contributed by atoms with E-state index in [0.717, 1.165) is 17.1 Å². The molecule has 0 aliphatic carbocycles. The third-order valence-electron chi connectivity index (χ3n) is 3.87. The number of benzene rings is 1. The summed E-state index contributed by atoms with van der Waals surface area (Å²) in [7, 11) is 1.66. The number of aromatic nitrogens is 1. The first-order valence-electron chi connectivity index (χ1n) is 7.13. The fraction of sp³-hybridized carbons (Fsp3) is 0.438. The molecule has 0 bridgehead atoms. The molecule has 2 aromatic rings. The van der Waals surface area contributed by atoms with E-state index in [0.29, 0.717) is 25.4 Å². The minimum atomic E-state index is -0.322. The van der Waals surface area contributed by atoms with Gasteiger partial charge in [0.05, 0.1) is 26.0 Å². The predicted octanol–water partition coefficient (Wildman–Crippen LogP) is 2.30. The van der Waals surface area contributed by atoms with Gasteiger partial charge in [0.25, 0.3) is 0 Å². The van der Waals surface area contributed by atoms with E-state index in [9.17, 15) is 5.11 Å². The molecule has 3 rings (SSSR count). The monoisotopic (exact) mass is 288 g/mol. The molecule has 0 amide bonds. The highest BCUT2D eigenvalue weighted by molar-refractivity contribution is 5.31. The molecule has 1 N–H and O–H groups in total. The smallest absolute Gasteiger partial charge is 0.208 e. The summed E-state index contributed by atoms with van der Waals surface area (Å²) in [5.74, 6) is 2.33. The molecule has 2 heterocycles. The Labute approximate surface area is 124 Å². The lowest BCUT2D eigenvalue weighted by atomic mass is 10.0. The van der Waals surface area contributed by atoms with Gasteiger partial charge in [-0.1, -0.05) is 12.1 Å². The fourth-order valence-corrected chi connectivity index (χ4v) is 2.90. The van der Waals surface area contributed by atoms with Gasteiger partial charge in [-0.25, -0.2) is 4.98 Å². The maximum absolute atomic E-state index is 10.0. The molecule has 1 aromatic heterocycles. The Balaban J connectivity index is 1.81. The Kier molecular flexibility index (Phi) is 3.94. The van der Waals surface area contributed by atoms with E-state index in [4.69, 9.17) is 9.15 Å².